The lowest BCUT2D eigenvalue weighted by Crippen LogP contribution is -2.16. The van der Waals surface area contributed by atoms with Gasteiger partial charge in [0, 0.05) is 10.9 Å². The number of fused-ring (bicyclic) bond motifs is 1. The summed E-state index contributed by atoms with van der Waals surface area (Å²) in [5, 5.41) is 0.574. The van der Waals surface area contributed by atoms with E-state index >= 15 is 0 Å². The highest BCUT2D eigenvalue weighted by atomic mass is 19.1. The van der Waals surface area contributed by atoms with Crippen LogP contribution >= 0.6 is 0 Å². The van der Waals surface area contributed by atoms with Crippen molar-refractivity contribution in [1.29, 1.82) is 0 Å². The molecule has 0 radical (unpaired) electrons. The van der Waals surface area contributed by atoms with Gasteiger partial charge in [-0.05, 0) is 42.5 Å². The number of Topliss-reactive ketones (excluding diaryl/α,β-unsaturated/α-hetero) is 1. The molecular formula is C26H20FNO5. The molecule has 33 heavy (non-hydrogen) atoms. The van der Waals surface area contributed by atoms with E-state index < -0.39 is 24.2 Å². The van der Waals surface area contributed by atoms with Crippen LogP contribution in [0.5, 0.6) is 11.5 Å². The van der Waals surface area contributed by atoms with Gasteiger partial charge >= 0.3 is 5.97 Å². The van der Waals surface area contributed by atoms with Gasteiger partial charge in [0.2, 0.25) is 5.78 Å². The number of methoxy groups -OCH3 is 2. The molecule has 0 N–H and O–H groups in total. The monoisotopic (exact) mass is 445 g/mol. The largest absolute Gasteiger partial charge is 0.493 e. The average Bonchev–Trinajstić information content (AvgIpc) is 2.86. The van der Waals surface area contributed by atoms with E-state index in [0.29, 0.717) is 33.7 Å². The molecule has 4 rings (SSSR count). The van der Waals surface area contributed by atoms with Crippen LogP contribution in [0.1, 0.15) is 20.7 Å². The van der Waals surface area contributed by atoms with Gasteiger partial charge in [-0.3, -0.25) is 4.79 Å². The van der Waals surface area contributed by atoms with Crippen LogP contribution in [0.4, 0.5) is 4.39 Å². The van der Waals surface area contributed by atoms with Gasteiger partial charge < -0.3 is 14.2 Å². The van der Waals surface area contributed by atoms with Crippen molar-refractivity contribution in [3.05, 3.63) is 89.7 Å². The van der Waals surface area contributed by atoms with Crippen LogP contribution in [0.25, 0.3) is 22.2 Å². The van der Waals surface area contributed by atoms with Crippen molar-refractivity contribution >= 4 is 22.7 Å². The number of para-hydroxylation sites is 1. The number of carbonyl (C=O) groups is 2. The highest BCUT2D eigenvalue weighted by Crippen LogP contribution is 2.33. The summed E-state index contributed by atoms with van der Waals surface area (Å²) in [6.07, 6.45) is 0. The number of hydrogen-bond donors (Lipinski definition) is 0. The van der Waals surface area contributed by atoms with E-state index in [1.807, 2.05) is 6.07 Å². The van der Waals surface area contributed by atoms with Gasteiger partial charge in [-0.15, -0.1) is 0 Å². The number of benzene rings is 3. The summed E-state index contributed by atoms with van der Waals surface area (Å²) in [6, 6.07) is 19.6. The molecule has 0 saturated heterocycles. The molecule has 0 spiro atoms. The molecule has 0 atom stereocenters. The first kappa shape index (κ1) is 22.0. The summed E-state index contributed by atoms with van der Waals surface area (Å²) in [6.45, 7) is -0.581. The molecule has 0 fully saturated rings. The van der Waals surface area contributed by atoms with Crippen LogP contribution in [0.3, 0.4) is 0 Å². The molecule has 0 unspecified atom stereocenters. The lowest BCUT2D eigenvalue weighted by Gasteiger charge is -2.12. The van der Waals surface area contributed by atoms with Crippen LogP contribution < -0.4 is 9.47 Å². The summed E-state index contributed by atoms with van der Waals surface area (Å²) in [5.41, 5.74) is 1.91. The third-order valence-electron chi connectivity index (χ3n) is 5.12. The minimum Gasteiger partial charge on any atom is -0.493 e. The Morgan fingerprint density at radius 1 is 0.848 bits per heavy atom. The number of hydrogen-bond acceptors (Lipinski definition) is 6. The fraction of sp³-hybridized carbons (Fsp3) is 0.115. The van der Waals surface area contributed by atoms with E-state index in [1.54, 1.807) is 55.6 Å². The molecular weight excluding hydrogens is 425 g/mol. The Morgan fingerprint density at radius 3 is 2.33 bits per heavy atom. The summed E-state index contributed by atoms with van der Waals surface area (Å²) in [5.74, 6) is -0.915. The third-order valence-corrected chi connectivity index (χ3v) is 5.12. The van der Waals surface area contributed by atoms with E-state index in [-0.39, 0.29) is 11.1 Å². The van der Waals surface area contributed by atoms with Crippen LogP contribution in [0.2, 0.25) is 0 Å². The Hall–Kier alpha value is -4.26. The maximum atomic E-state index is 13.9. The van der Waals surface area contributed by atoms with E-state index in [4.69, 9.17) is 14.2 Å². The van der Waals surface area contributed by atoms with Crippen LogP contribution in [0.15, 0.2) is 72.8 Å². The normalized spacial score (nSPS) is 10.6. The highest BCUT2D eigenvalue weighted by Gasteiger charge is 2.19. The Balaban J connectivity index is 1.68. The quantitative estimate of drug-likeness (QED) is 0.291. The van der Waals surface area contributed by atoms with Crippen molar-refractivity contribution in [3.8, 4) is 22.8 Å². The summed E-state index contributed by atoms with van der Waals surface area (Å²) in [4.78, 5) is 29.9. The lowest BCUT2D eigenvalue weighted by molar-refractivity contribution is 0.0475. The van der Waals surface area contributed by atoms with E-state index in [9.17, 15) is 14.0 Å². The molecule has 0 aliphatic carbocycles. The Morgan fingerprint density at radius 2 is 1.58 bits per heavy atom. The smallest absolute Gasteiger partial charge is 0.339 e. The molecule has 7 heteroatoms. The van der Waals surface area contributed by atoms with Crippen LogP contribution in [-0.4, -0.2) is 37.6 Å². The predicted molar refractivity (Wildman–Crippen MR) is 121 cm³/mol. The number of esters is 1. The summed E-state index contributed by atoms with van der Waals surface area (Å²) in [7, 11) is 3.08. The molecule has 0 amide bonds. The summed E-state index contributed by atoms with van der Waals surface area (Å²) < 4.78 is 29.8. The van der Waals surface area contributed by atoms with Crippen LogP contribution in [0, 0.1) is 5.82 Å². The SMILES string of the molecule is COc1ccc(-c2cc(C(=O)OCC(=O)c3ccccc3F)c3ccccc3n2)cc1OC. The molecule has 1 aromatic heterocycles. The second-order valence-electron chi connectivity index (χ2n) is 7.12. The molecule has 4 aromatic rings. The number of aromatic nitrogens is 1. The number of ketones is 1. The Kier molecular flexibility index (Phi) is 6.31. The van der Waals surface area contributed by atoms with Crippen LogP contribution in [-0.2, 0) is 4.74 Å². The van der Waals surface area contributed by atoms with Gasteiger partial charge in [0.25, 0.3) is 0 Å². The summed E-state index contributed by atoms with van der Waals surface area (Å²) >= 11 is 0. The first-order valence-electron chi connectivity index (χ1n) is 10.1. The average molecular weight is 445 g/mol. The topological polar surface area (TPSA) is 74.7 Å². The molecule has 0 bridgehead atoms. The zero-order valence-electron chi connectivity index (χ0n) is 18.0. The fourth-order valence-electron chi connectivity index (χ4n) is 3.46. The maximum Gasteiger partial charge on any atom is 0.339 e. The van der Waals surface area contributed by atoms with Gasteiger partial charge in [0.15, 0.2) is 18.1 Å². The number of carbonyl (C=O) groups excluding carboxylic acids is 2. The van der Waals surface area contributed by atoms with Crippen molar-refractivity contribution in [2.75, 3.05) is 20.8 Å². The second kappa shape index (κ2) is 9.48. The maximum absolute atomic E-state index is 13.9. The van der Waals surface area contributed by atoms with Gasteiger partial charge in [-0.1, -0.05) is 30.3 Å². The molecule has 0 aliphatic rings. The van der Waals surface area contributed by atoms with E-state index in [0.717, 1.165) is 0 Å². The number of halogens is 1. The van der Waals surface area contributed by atoms with E-state index in [2.05, 4.69) is 4.98 Å². The zero-order valence-corrected chi connectivity index (χ0v) is 18.0. The fourth-order valence-corrected chi connectivity index (χ4v) is 3.46. The molecule has 0 aliphatic heterocycles. The van der Waals surface area contributed by atoms with Crippen molar-refractivity contribution < 1.29 is 28.2 Å². The molecule has 0 saturated carbocycles. The molecule has 166 valence electrons. The van der Waals surface area contributed by atoms with Crippen molar-refractivity contribution in [1.82, 2.24) is 4.98 Å². The lowest BCUT2D eigenvalue weighted by atomic mass is 10.0. The number of pyridine rings is 1. The van der Waals surface area contributed by atoms with Crippen molar-refractivity contribution in [2.45, 2.75) is 0 Å². The number of rotatable bonds is 7. The molecule has 6 nitrogen and oxygen atoms in total. The van der Waals surface area contributed by atoms with Gasteiger partial charge in [-0.2, -0.15) is 0 Å². The van der Waals surface area contributed by atoms with Gasteiger partial charge in [0.1, 0.15) is 5.82 Å². The van der Waals surface area contributed by atoms with Gasteiger partial charge in [0.05, 0.1) is 36.6 Å². The van der Waals surface area contributed by atoms with Crippen molar-refractivity contribution in [3.63, 3.8) is 0 Å². The third kappa shape index (κ3) is 4.52. The minimum absolute atomic E-state index is 0.129. The zero-order chi connectivity index (χ0) is 23.4. The number of nitrogens with zero attached hydrogens (tertiary/aromatic N) is 1. The highest BCUT2D eigenvalue weighted by molar-refractivity contribution is 6.06. The Bertz CT molecular complexity index is 1350. The minimum atomic E-state index is -0.708. The predicted octanol–water partition coefficient (Wildman–Crippen LogP) is 5.10. The second-order valence-corrected chi connectivity index (χ2v) is 7.12. The first-order valence-corrected chi connectivity index (χ1v) is 10.1. The number of ether oxygens (including phenoxy) is 3. The molecule has 3 aromatic carbocycles. The van der Waals surface area contributed by atoms with Gasteiger partial charge in [-0.25, -0.2) is 14.2 Å². The van der Waals surface area contributed by atoms with Crippen molar-refractivity contribution in [2.24, 2.45) is 0 Å². The Labute approximate surface area is 189 Å². The van der Waals surface area contributed by atoms with E-state index in [1.165, 1.54) is 25.3 Å². The standard InChI is InChI=1S/C26H20FNO5/c1-31-24-12-11-16(13-25(24)32-2)22-14-19(17-7-4-6-10-21(17)28-22)26(30)33-15-23(29)18-8-3-5-9-20(18)27/h3-14H,15H2,1-2H3. The molecule has 1 heterocycles. The first-order chi connectivity index (χ1) is 16.0.